The highest BCUT2D eigenvalue weighted by Gasteiger charge is 2.41. The molecule has 0 fully saturated rings. The molecule has 0 aliphatic heterocycles. The van der Waals surface area contributed by atoms with Crippen molar-refractivity contribution < 1.29 is 22.9 Å². The van der Waals surface area contributed by atoms with Gasteiger partial charge in [-0.15, -0.1) is 0 Å². The molecule has 0 saturated carbocycles. The van der Waals surface area contributed by atoms with E-state index in [4.69, 9.17) is 15.4 Å². The average Bonchev–Trinajstić information content (AvgIpc) is 2.26. The van der Waals surface area contributed by atoms with Crippen LogP contribution in [-0.4, -0.2) is 24.0 Å². The standard InChI is InChI=1S/C10H13NO5S/c1-2-10(11,17(14,15)16)8-6-4-3-5-7(8)9(12)13/h3-6H,2,11H2,1H3,(H,12,13)(H,14,15,16). The van der Waals surface area contributed by atoms with E-state index in [2.05, 4.69) is 0 Å². The molecule has 7 heteroatoms. The molecular weight excluding hydrogens is 246 g/mol. The predicted octanol–water partition coefficient (Wildman–Crippen LogP) is 0.794. The molecule has 0 radical (unpaired) electrons. The largest absolute Gasteiger partial charge is 0.478 e. The summed E-state index contributed by atoms with van der Waals surface area (Å²) in [5, 5.41) is 8.96. The highest BCUT2D eigenvalue weighted by atomic mass is 32.2. The fourth-order valence-corrected chi connectivity index (χ4v) is 2.37. The van der Waals surface area contributed by atoms with E-state index in [1.54, 1.807) is 0 Å². The molecule has 17 heavy (non-hydrogen) atoms. The van der Waals surface area contributed by atoms with E-state index in [0.29, 0.717) is 0 Å². The smallest absolute Gasteiger partial charge is 0.336 e. The van der Waals surface area contributed by atoms with Crippen LogP contribution in [-0.2, 0) is 15.0 Å². The van der Waals surface area contributed by atoms with Gasteiger partial charge in [-0.1, -0.05) is 25.1 Å². The van der Waals surface area contributed by atoms with Gasteiger partial charge < -0.3 is 10.8 Å². The van der Waals surface area contributed by atoms with Crippen LogP contribution in [0.15, 0.2) is 24.3 Å². The Labute approximate surface area is 98.8 Å². The molecule has 0 aliphatic rings. The number of benzene rings is 1. The molecule has 1 atom stereocenters. The van der Waals surface area contributed by atoms with Gasteiger partial charge in [0.05, 0.1) is 5.56 Å². The highest BCUT2D eigenvalue weighted by Crippen LogP contribution is 2.30. The predicted molar refractivity (Wildman–Crippen MR) is 61.1 cm³/mol. The first kappa shape index (κ1) is 13.6. The molecule has 0 saturated heterocycles. The first-order valence-corrected chi connectivity index (χ1v) is 6.26. The Hall–Kier alpha value is -1.44. The quantitative estimate of drug-likeness (QED) is 0.688. The molecule has 0 spiro atoms. The zero-order valence-corrected chi connectivity index (χ0v) is 9.94. The highest BCUT2D eigenvalue weighted by molar-refractivity contribution is 7.86. The number of carboxylic acids is 1. The Morgan fingerprint density at radius 1 is 1.41 bits per heavy atom. The molecule has 1 unspecified atom stereocenters. The molecule has 0 aliphatic carbocycles. The van der Waals surface area contributed by atoms with Crippen molar-refractivity contribution in [3.05, 3.63) is 35.4 Å². The van der Waals surface area contributed by atoms with Gasteiger partial charge in [0.25, 0.3) is 10.1 Å². The second kappa shape index (κ2) is 4.44. The van der Waals surface area contributed by atoms with Gasteiger partial charge >= 0.3 is 5.97 Å². The topological polar surface area (TPSA) is 118 Å². The van der Waals surface area contributed by atoms with Crippen LogP contribution in [0.3, 0.4) is 0 Å². The second-order valence-electron chi connectivity index (χ2n) is 3.57. The monoisotopic (exact) mass is 259 g/mol. The average molecular weight is 259 g/mol. The van der Waals surface area contributed by atoms with Crippen molar-refractivity contribution in [1.82, 2.24) is 0 Å². The Morgan fingerprint density at radius 2 is 1.94 bits per heavy atom. The Balaban J connectivity index is 3.57. The lowest BCUT2D eigenvalue weighted by Crippen LogP contribution is -2.45. The van der Waals surface area contributed by atoms with Crippen LogP contribution >= 0.6 is 0 Å². The molecular formula is C10H13NO5S. The van der Waals surface area contributed by atoms with Crippen LogP contribution in [0.1, 0.15) is 29.3 Å². The van der Waals surface area contributed by atoms with Gasteiger partial charge in [-0.2, -0.15) is 8.42 Å². The van der Waals surface area contributed by atoms with Crippen molar-refractivity contribution in [3.8, 4) is 0 Å². The SMILES string of the molecule is CCC(N)(c1ccccc1C(=O)O)S(=O)(=O)O. The summed E-state index contributed by atoms with van der Waals surface area (Å²) < 4.78 is 31.7. The molecule has 0 aromatic heterocycles. The summed E-state index contributed by atoms with van der Waals surface area (Å²) in [5.41, 5.74) is 5.26. The van der Waals surface area contributed by atoms with E-state index >= 15 is 0 Å². The molecule has 1 aromatic carbocycles. The number of hydrogen-bond donors (Lipinski definition) is 3. The van der Waals surface area contributed by atoms with E-state index in [-0.39, 0.29) is 17.5 Å². The maximum atomic E-state index is 11.3. The zero-order chi connectivity index (χ0) is 13.3. The molecule has 6 nitrogen and oxygen atoms in total. The molecule has 0 amide bonds. The van der Waals surface area contributed by atoms with Crippen LogP contribution in [0.4, 0.5) is 0 Å². The fourth-order valence-electron chi connectivity index (χ4n) is 1.55. The van der Waals surface area contributed by atoms with Crippen molar-refractivity contribution in [2.24, 2.45) is 5.73 Å². The Morgan fingerprint density at radius 3 is 2.35 bits per heavy atom. The fraction of sp³-hybridized carbons (Fsp3) is 0.300. The summed E-state index contributed by atoms with van der Waals surface area (Å²) in [6.07, 6.45) is -0.143. The van der Waals surface area contributed by atoms with Crippen molar-refractivity contribution in [1.29, 1.82) is 0 Å². The van der Waals surface area contributed by atoms with Crippen molar-refractivity contribution >= 4 is 16.1 Å². The lowest BCUT2D eigenvalue weighted by Gasteiger charge is -2.26. The van der Waals surface area contributed by atoms with Gasteiger partial charge in [0, 0.05) is 5.56 Å². The molecule has 0 bridgehead atoms. The summed E-state index contributed by atoms with van der Waals surface area (Å²) in [6, 6.07) is 5.43. The minimum atomic E-state index is -4.61. The Kier molecular flexibility index (Phi) is 3.56. The number of aromatic carboxylic acids is 1. The summed E-state index contributed by atoms with van der Waals surface area (Å²) in [5.74, 6) is -1.30. The van der Waals surface area contributed by atoms with Gasteiger partial charge in [0.2, 0.25) is 0 Å². The first-order chi connectivity index (χ1) is 7.74. The van der Waals surface area contributed by atoms with Crippen LogP contribution < -0.4 is 5.73 Å². The summed E-state index contributed by atoms with van der Waals surface area (Å²) in [6.45, 7) is 1.45. The van der Waals surface area contributed by atoms with E-state index < -0.39 is 21.0 Å². The van der Waals surface area contributed by atoms with Crippen LogP contribution in [0.2, 0.25) is 0 Å². The molecule has 1 aromatic rings. The van der Waals surface area contributed by atoms with Crippen molar-refractivity contribution in [2.45, 2.75) is 18.2 Å². The maximum absolute atomic E-state index is 11.3. The van der Waals surface area contributed by atoms with Gasteiger partial charge in [-0.05, 0) is 12.5 Å². The normalized spacial score (nSPS) is 15.2. The summed E-state index contributed by atoms with van der Waals surface area (Å²) >= 11 is 0. The maximum Gasteiger partial charge on any atom is 0.336 e. The minimum absolute atomic E-state index is 0.127. The zero-order valence-electron chi connectivity index (χ0n) is 9.12. The number of hydrogen-bond acceptors (Lipinski definition) is 4. The van der Waals surface area contributed by atoms with Crippen molar-refractivity contribution in [3.63, 3.8) is 0 Å². The van der Waals surface area contributed by atoms with E-state index in [1.807, 2.05) is 0 Å². The van der Waals surface area contributed by atoms with E-state index in [0.717, 1.165) is 0 Å². The van der Waals surface area contributed by atoms with Crippen LogP contribution in [0.5, 0.6) is 0 Å². The third-order valence-corrected chi connectivity index (χ3v) is 4.03. The van der Waals surface area contributed by atoms with Crippen molar-refractivity contribution in [2.75, 3.05) is 0 Å². The van der Waals surface area contributed by atoms with Gasteiger partial charge in [-0.25, -0.2) is 4.79 Å². The second-order valence-corrected chi connectivity index (χ2v) is 5.25. The first-order valence-electron chi connectivity index (χ1n) is 4.82. The number of rotatable bonds is 4. The third-order valence-electron chi connectivity index (χ3n) is 2.60. The van der Waals surface area contributed by atoms with Crippen LogP contribution in [0, 0.1) is 0 Å². The van der Waals surface area contributed by atoms with Gasteiger partial charge in [-0.3, -0.25) is 4.55 Å². The molecule has 4 N–H and O–H groups in total. The molecule has 1 rings (SSSR count). The minimum Gasteiger partial charge on any atom is -0.478 e. The molecule has 94 valence electrons. The summed E-state index contributed by atoms with van der Waals surface area (Å²) in [7, 11) is -4.61. The van der Waals surface area contributed by atoms with E-state index in [9.17, 15) is 13.2 Å². The Bertz CT molecular complexity index is 539. The lowest BCUT2D eigenvalue weighted by molar-refractivity contribution is 0.0694. The van der Waals surface area contributed by atoms with Crippen LogP contribution in [0.25, 0.3) is 0 Å². The lowest BCUT2D eigenvalue weighted by atomic mass is 9.98. The molecule has 0 heterocycles. The van der Waals surface area contributed by atoms with E-state index in [1.165, 1.54) is 31.2 Å². The summed E-state index contributed by atoms with van der Waals surface area (Å²) in [4.78, 5) is 8.87. The van der Waals surface area contributed by atoms with Gasteiger partial charge in [0.15, 0.2) is 4.87 Å². The van der Waals surface area contributed by atoms with Gasteiger partial charge in [0.1, 0.15) is 0 Å². The number of nitrogens with two attached hydrogens (primary N) is 1. The number of carboxylic acid groups (broad SMARTS) is 1. The third kappa shape index (κ3) is 2.31. The number of carbonyl (C=O) groups is 1.